The quantitative estimate of drug-likeness (QED) is 0.413. The van der Waals surface area contributed by atoms with Gasteiger partial charge in [-0.05, 0) is 70.2 Å². The van der Waals surface area contributed by atoms with Crippen molar-refractivity contribution in [2.75, 3.05) is 20.3 Å². The van der Waals surface area contributed by atoms with Crippen LogP contribution in [0.25, 0.3) is 5.69 Å². The van der Waals surface area contributed by atoms with Gasteiger partial charge in [-0.3, -0.25) is 5.43 Å². The van der Waals surface area contributed by atoms with Crippen molar-refractivity contribution in [1.82, 2.24) is 15.3 Å². The Balaban J connectivity index is 2.07. The second-order valence-electron chi connectivity index (χ2n) is 6.29. The summed E-state index contributed by atoms with van der Waals surface area (Å²) in [7, 11) is 1.66. The third-order valence-corrected chi connectivity index (χ3v) is 4.25. The van der Waals surface area contributed by atoms with Crippen molar-refractivity contribution in [2.45, 2.75) is 33.7 Å². The second kappa shape index (κ2) is 10.1. The molecule has 27 heavy (non-hydrogen) atoms. The minimum Gasteiger partial charge on any atom is -0.494 e. The predicted molar refractivity (Wildman–Crippen MR) is 114 cm³/mol. The number of benzene rings is 1. The van der Waals surface area contributed by atoms with Gasteiger partial charge in [0.25, 0.3) is 0 Å². The molecule has 0 fully saturated rings. The van der Waals surface area contributed by atoms with Crippen LogP contribution in [0.4, 0.5) is 0 Å². The molecule has 0 saturated carbocycles. The molecule has 0 radical (unpaired) electrons. The van der Waals surface area contributed by atoms with Crippen molar-refractivity contribution in [3.63, 3.8) is 0 Å². The fraction of sp³-hybridized carbons (Fsp3) is 0.400. The van der Waals surface area contributed by atoms with Gasteiger partial charge in [0.2, 0.25) is 0 Å². The Labute approximate surface area is 166 Å². The SMILES string of the molecule is CCOc1ccc(-n2c(C)cc(/C=N\NC(=S)N[C@@H](C)COC)c2C)cc1. The second-order valence-corrected chi connectivity index (χ2v) is 6.70. The summed E-state index contributed by atoms with van der Waals surface area (Å²) in [5.41, 5.74) is 7.20. The highest BCUT2D eigenvalue weighted by Crippen LogP contribution is 2.22. The Morgan fingerprint density at radius 1 is 1.30 bits per heavy atom. The number of hydrogen-bond donors (Lipinski definition) is 2. The van der Waals surface area contributed by atoms with Gasteiger partial charge in [0.15, 0.2) is 5.11 Å². The van der Waals surface area contributed by atoms with Crippen LogP contribution in [-0.2, 0) is 4.74 Å². The van der Waals surface area contributed by atoms with Gasteiger partial charge in [-0.15, -0.1) is 0 Å². The van der Waals surface area contributed by atoms with Gasteiger partial charge in [0, 0.05) is 35.8 Å². The number of hydrazone groups is 1. The highest BCUT2D eigenvalue weighted by molar-refractivity contribution is 7.80. The fourth-order valence-corrected chi connectivity index (χ4v) is 3.14. The Kier molecular flexibility index (Phi) is 7.82. The topological polar surface area (TPSA) is 59.8 Å². The molecule has 2 aromatic rings. The Bertz CT molecular complexity index is 784. The summed E-state index contributed by atoms with van der Waals surface area (Å²) >= 11 is 5.23. The summed E-state index contributed by atoms with van der Waals surface area (Å²) in [6.07, 6.45) is 1.78. The molecular formula is C20H28N4O2S. The van der Waals surface area contributed by atoms with Crippen molar-refractivity contribution < 1.29 is 9.47 Å². The zero-order valence-corrected chi connectivity index (χ0v) is 17.4. The van der Waals surface area contributed by atoms with E-state index in [0.717, 1.165) is 28.4 Å². The van der Waals surface area contributed by atoms with Crippen molar-refractivity contribution >= 4 is 23.5 Å². The first-order valence-corrected chi connectivity index (χ1v) is 9.37. The highest BCUT2D eigenvalue weighted by Gasteiger charge is 2.10. The summed E-state index contributed by atoms with van der Waals surface area (Å²) in [6.45, 7) is 9.36. The predicted octanol–water partition coefficient (Wildman–Crippen LogP) is 3.33. The van der Waals surface area contributed by atoms with E-state index in [0.29, 0.717) is 18.3 Å². The normalized spacial score (nSPS) is 12.2. The van der Waals surface area contributed by atoms with Crippen molar-refractivity contribution in [3.05, 3.63) is 47.3 Å². The van der Waals surface area contributed by atoms with E-state index in [2.05, 4.69) is 52.5 Å². The number of rotatable bonds is 8. The number of methoxy groups -OCH3 is 1. The van der Waals surface area contributed by atoms with Crippen LogP contribution in [0.15, 0.2) is 35.4 Å². The molecule has 0 unspecified atom stereocenters. The molecular weight excluding hydrogens is 360 g/mol. The Morgan fingerprint density at radius 2 is 2.00 bits per heavy atom. The summed E-state index contributed by atoms with van der Waals surface area (Å²) in [5, 5.41) is 7.82. The van der Waals surface area contributed by atoms with E-state index >= 15 is 0 Å². The van der Waals surface area contributed by atoms with Gasteiger partial charge < -0.3 is 19.4 Å². The largest absolute Gasteiger partial charge is 0.494 e. The standard InChI is InChI=1S/C20H28N4O2S/c1-6-26-19-9-7-18(8-10-19)24-15(3)11-17(16(24)4)12-21-23-20(27)22-14(2)13-25-5/h7-12,14H,6,13H2,1-5H3,(H2,22,23,27)/b21-12-/t14-/m0/s1. The van der Waals surface area contributed by atoms with Gasteiger partial charge in [0.1, 0.15) is 5.75 Å². The molecule has 2 N–H and O–H groups in total. The Morgan fingerprint density at radius 3 is 2.63 bits per heavy atom. The van der Waals surface area contributed by atoms with Crippen LogP contribution in [0.5, 0.6) is 5.75 Å². The van der Waals surface area contributed by atoms with Gasteiger partial charge in [-0.1, -0.05) is 0 Å². The first-order chi connectivity index (χ1) is 13.0. The highest BCUT2D eigenvalue weighted by atomic mass is 32.1. The molecule has 0 aliphatic rings. The number of aromatic nitrogens is 1. The van der Waals surface area contributed by atoms with Crippen LogP contribution in [0.1, 0.15) is 30.8 Å². The van der Waals surface area contributed by atoms with Crippen LogP contribution in [0.3, 0.4) is 0 Å². The summed E-state index contributed by atoms with van der Waals surface area (Å²) in [4.78, 5) is 0. The molecule has 7 heteroatoms. The lowest BCUT2D eigenvalue weighted by Gasteiger charge is -2.13. The third-order valence-electron chi connectivity index (χ3n) is 4.04. The Hall–Kier alpha value is -2.38. The molecule has 0 saturated heterocycles. The summed E-state index contributed by atoms with van der Waals surface area (Å²) in [6, 6.07) is 10.3. The molecule has 0 aliphatic carbocycles. The van der Waals surface area contributed by atoms with E-state index < -0.39 is 0 Å². The van der Waals surface area contributed by atoms with Crippen LogP contribution < -0.4 is 15.5 Å². The van der Waals surface area contributed by atoms with E-state index in [1.165, 1.54) is 0 Å². The first-order valence-electron chi connectivity index (χ1n) is 8.97. The number of nitrogens with zero attached hydrogens (tertiary/aromatic N) is 2. The average Bonchev–Trinajstić information content (AvgIpc) is 2.90. The zero-order chi connectivity index (χ0) is 19.8. The molecule has 0 spiro atoms. The minimum atomic E-state index is 0.120. The lowest BCUT2D eigenvalue weighted by molar-refractivity contribution is 0.179. The lowest BCUT2D eigenvalue weighted by atomic mass is 10.2. The molecule has 1 aromatic carbocycles. The van der Waals surface area contributed by atoms with Gasteiger partial charge >= 0.3 is 0 Å². The van der Waals surface area contributed by atoms with Crippen LogP contribution in [-0.4, -0.2) is 42.3 Å². The third kappa shape index (κ3) is 5.80. The zero-order valence-electron chi connectivity index (χ0n) is 16.6. The molecule has 0 bridgehead atoms. The fourth-order valence-electron chi connectivity index (χ4n) is 2.88. The van der Waals surface area contributed by atoms with Gasteiger partial charge in [-0.25, -0.2) is 0 Å². The average molecular weight is 389 g/mol. The van der Waals surface area contributed by atoms with Crippen molar-refractivity contribution in [1.29, 1.82) is 0 Å². The molecule has 1 heterocycles. The lowest BCUT2D eigenvalue weighted by Crippen LogP contribution is -2.40. The molecule has 1 aromatic heterocycles. The summed E-state index contributed by atoms with van der Waals surface area (Å²) < 4.78 is 12.8. The monoisotopic (exact) mass is 388 g/mol. The maximum Gasteiger partial charge on any atom is 0.187 e. The van der Waals surface area contributed by atoms with E-state index in [1.54, 1.807) is 13.3 Å². The maximum absolute atomic E-state index is 5.52. The van der Waals surface area contributed by atoms with Crippen LogP contribution in [0.2, 0.25) is 0 Å². The molecule has 0 amide bonds. The number of nitrogens with one attached hydrogen (secondary N) is 2. The molecule has 6 nitrogen and oxygen atoms in total. The van der Waals surface area contributed by atoms with E-state index in [4.69, 9.17) is 21.7 Å². The van der Waals surface area contributed by atoms with Crippen LogP contribution >= 0.6 is 12.2 Å². The number of aryl methyl sites for hydroxylation is 1. The summed E-state index contributed by atoms with van der Waals surface area (Å²) in [5.74, 6) is 0.874. The van der Waals surface area contributed by atoms with E-state index in [-0.39, 0.29) is 6.04 Å². The minimum absolute atomic E-state index is 0.120. The van der Waals surface area contributed by atoms with Gasteiger partial charge in [-0.2, -0.15) is 5.10 Å². The van der Waals surface area contributed by atoms with Crippen molar-refractivity contribution in [2.24, 2.45) is 5.10 Å². The molecule has 1 atom stereocenters. The maximum atomic E-state index is 5.52. The number of hydrogen-bond acceptors (Lipinski definition) is 4. The van der Waals surface area contributed by atoms with Crippen LogP contribution in [0, 0.1) is 13.8 Å². The van der Waals surface area contributed by atoms with E-state index in [9.17, 15) is 0 Å². The first kappa shape index (κ1) is 20.9. The van der Waals surface area contributed by atoms with E-state index in [1.807, 2.05) is 26.0 Å². The molecule has 146 valence electrons. The molecule has 0 aliphatic heterocycles. The molecule has 2 rings (SSSR count). The van der Waals surface area contributed by atoms with Crippen molar-refractivity contribution in [3.8, 4) is 11.4 Å². The smallest absolute Gasteiger partial charge is 0.187 e. The van der Waals surface area contributed by atoms with Gasteiger partial charge in [0.05, 0.1) is 19.4 Å². The number of thiocarbonyl (C=S) groups is 1. The number of ether oxygens (including phenoxy) is 2.